The molecule has 0 spiro atoms. The molecule has 2 aliphatic heterocycles. The Morgan fingerprint density at radius 3 is 2.48 bits per heavy atom. The van der Waals surface area contributed by atoms with E-state index in [-0.39, 0.29) is 30.2 Å². The molecule has 0 bridgehead atoms. The Kier molecular flexibility index (Phi) is 7.43. The van der Waals surface area contributed by atoms with Gasteiger partial charge in [0, 0.05) is 39.1 Å². The normalized spacial score (nSPS) is 19.2. The summed E-state index contributed by atoms with van der Waals surface area (Å²) in [7, 11) is 0. The van der Waals surface area contributed by atoms with Gasteiger partial charge in [-0.05, 0) is 37.3 Å². The summed E-state index contributed by atoms with van der Waals surface area (Å²) in [5.41, 5.74) is 3.55. The zero-order valence-corrected chi connectivity index (χ0v) is 19.4. The van der Waals surface area contributed by atoms with E-state index in [1.807, 2.05) is 53.1 Å². The largest absolute Gasteiger partial charge is 0.342 e. The van der Waals surface area contributed by atoms with Crippen LogP contribution in [0.5, 0.6) is 0 Å². The van der Waals surface area contributed by atoms with Crippen molar-refractivity contribution in [3.8, 4) is 0 Å². The zero-order chi connectivity index (χ0) is 23.2. The van der Waals surface area contributed by atoms with Crippen LogP contribution in [-0.4, -0.2) is 65.1 Å². The van der Waals surface area contributed by atoms with Gasteiger partial charge < -0.3 is 14.7 Å². The molecule has 174 valence electrons. The third kappa shape index (κ3) is 6.01. The molecule has 3 amide bonds. The monoisotopic (exact) mass is 447 g/mol. The van der Waals surface area contributed by atoms with E-state index in [0.717, 1.165) is 18.4 Å². The van der Waals surface area contributed by atoms with Crippen LogP contribution in [0.4, 0.5) is 0 Å². The van der Waals surface area contributed by atoms with Crippen molar-refractivity contribution in [1.82, 2.24) is 14.7 Å². The third-order valence-electron chi connectivity index (χ3n) is 6.67. The fourth-order valence-electron chi connectivity index (χ4n) is 4.80. The molecule has 2 aliphatic rings. The highest BCUT2D eigenvalue weighted by Crippen LogP contribution is 2.22. The summed E-state index contributed by atoms with van der Waals surface area (Å²) in [4.78, 5) is 43.7. The van der Waals surface area contributed by atoms with E-state index in [0.29, 0.717) is 45.6 Å². The molecule has 0 aromatic heterocycles. The van der Waals surface area contributed by atoms with E-state index < -0.39 is 0 Å². The van der Waals surface area contributed by atoms with Crippen molar-refractivity contribution in [2.24, 2.45) is 5.92 Å². The van der Waals surface area contributed by atoms with Crippen molar-refractivity contribution >= 4 is 17.7 Å². The van der Waals surface area contributed by atoms with Crippen LogP contribution in [-0.2, 0) is 27.3 Å². The van der Waals surface area contributed by atoms with Gasteiger partial charge in [0.25, 0.3) is 0 Å². The number of rotatable bonds is 7. The standard InChI is InChI=1S/C27H33N3O3/c1-21-7-5-10-23(17-21)18-29-15-16-30(20-26(29)32)27(33)24-12-13-25(31)28(19-24)14-6-11-22-8-3-2-4-9-22/h2-5,7-10,17,24H,6,11-16,18-20H2,1H3/t24-/m1/s1. The Labute approximate surface area is 196 Å². The summed E-state index contributed by atoms with van der Waals surface area (Å²) >= 11 is 0. The predicted octanol–water partition coefficient (Wildman–Crippen LogP) is 3.04. The Bertz CT molecular complexity index is 991. The molecule has 0 saturated carbocycles. The molecule has 2 aromatic rings. The summed E-state index contributed by atoms with van der Waals surface area (Å²) in [5, 5.41) is 0. The number of aryl methyl sites for hydroxylation is 2. The first-order valence-corrected chi connectivity index (χ1v) is 11.9. The fourth-order valence-corrected chi connectivity index (χ4v) is 4.80. The Balaban J connectivity index is 1.27. The van der Waals surface area contributed by atoms with Crippen LogP contribution >= 0.6 is 0 Å². The number of carbonyl (C=O) groups excluding carboxylic acids is 3. The Morgan fingerprint density at radius 1 is 0.939 bits per heavy atom. The molecule has 6 heteroatoms. The lowest BCUT2D eigenvalue weighted by atomic mass is 9.95. The second-order valence-corrected chi connectivity index (χ2v) is 9.23. The van der Waals surface area contributed by atoms with Gasteiger partial charge in [0.15, 0.2) is 0 Å². The molecule has 2 aromatic carbocycles. The van der Waals surface area contributed by atoms with Crippen molar-refractivity contribution in [3.05, 3.63) is 71.3 Å². The molecular formula is C27H33N3O3. The highest BCUT2D eigenvalue weighted by Gasteiger charge is 2.35. The molecule has 33 heavy (non-hydrogen) atoms. The minimum absolute atomic E-state index is 0.0114. The highest BCUT2D eigenvalue weighted by atomic mass is 16.2. The highest BCUT2D eigenvalue weighted by molar-refractivity contribution is 5.88. The summed E-state index contributed by atoms with van der Waals surface area (Å²) in [6, 6.07) is 18.4. The summed E-state index contributed by atoms with van der Waals surface area (Å²) in [5.74, 6) is -0.0801. The van der Waals surface area contributed by atoms with Gasteiger partial charge in [-0.15, -0.1) is 0 Å². The zero-order valence-electron chi connectivity index (χ0n) is 19.4. The molecule has 0 unspecified atom stereocenters. The van der Waals surface area contributed by atoms with E-state index in [4.69, 9.17) is 0 Å². The first kappa shape index (κ1) is 23.0. The number of hydrogen-bond donors (Lipinski definition) is 0. The van der Waals surface area contributed by atoms with Crippen LogP contribution in [0.1, 0.15) is 36.0 Å². The third-order valence-corrected chi connectivity index (χ3v) is 6.67. The number of benzene rings is 2. The summed E-state index contributed by atoms with van der Waals surface area (Å²) in [6.45, 7) is 4.98. The van der Waals surface area contributed by atoms with E-state index in [1.165, 1.54) is 11.1 Å². The van der Waals surface area contributed by atoms with Gasteiger partial charge >= 0.3 is 0 Å². The Hall–Kier alpha value is -3.15. The molecule has 1 atom stereocenters. The minimum Gasteiger partial charge on any atom is -0.342 e. The predicted molar refractivity (Wildman–Crippen MR) is 127 cm³/mol. The van der Waals surface area contributed by atoms with Crippen LogP contribution < -0.4 is 0 Å². The second-order valence-electron chi connectivity index (χ2n) is 9.23. The summed E-state index contributed by atoms with van der Waals surface area (Å²) in [6.07, 6.45) is 2.78. The van der Waals surface area contributed by atoms with Crippen LogP contribution in [0.25, 0.3) is 0 Å². The number of piperidine rings is 1. The quantitative estimate of drug-likeness (QED) is 0.656. The lowest BCUT2D eigenvalue weighted by Crippen LogP contribution is -2.55. The van der Waals surface area contributed by atoms with Crippen molar-refractivity contribution in [3.63, 3.8) is 0 Å². The average molecular weight is 448 g/mol. The van der Waals surface area contributed by atoms with Crippen LogP contribution in [0, 0.1) is 12.8 Å². The molecule has 2 fully saturated rings. The molecule has 2 saturated heterocycles. The fraction of sp³-hybridized carbons (Fsp3) is 0.444. The van der Waals surface area contributed by atoms with Crippen LogP contribution in [0.3, 0.4) is 0 Å². The maximum Gasteiger partial charge on any atom is 0.242 e. The van der Waals surface area contributed by atoms with Crippen molar-refractivity contribution < 1.29 is 14.4 Å². The molecule has 2 heterocycles. The van der Waals surface area contributed by atoms with Crippen molar-refractivity contribution in [2.75, 3.05) is 32.7 Å². The first-order chi connectivity index (χ1) is 16.0. The van der Waals surface area contributed by atoms with Crippen molar-refractivity contribution in [1.29, 1.82) is 0 Å². The van der Waals surface area contributed by atoms with E-state index >= 15 is 0 Å². The maximum atomic E-state index is 13.2. The Morgan fingerprint density at radius 2 is 1.73 bits per heavy atom. The average Bonchev–Trinajstić information content (AvgIpc) is 2.82. The van der Waals surface area contributed by atoms with E-state index in [1.54, 1.807) is 4.90 Å². The van der Waals surface area contributed by atoms with Gasteiger partial charge in [-0.1, -0.05) is 60.2 Å². The molecule has 0 N–H and O–H groups in total. The number of hydrogen-bond acceptors (Lipinski definition) is 3. The van der Waals surface area contributed by atoms with Gasteiger partial charge in [-0.25, -0.2) is 0 Å². The molecule has 4 rings (SSSR count). The van der Waals surface area contributed by atoms with Gasteiger partial charge in [0.05, 0.1) is 12.5 Å². The number of piperazine rings is 1. The molecule has 6 nitrogen and oxygen atoms in total. The molecule has 0 aliphatic carbocycles. The van der Waals surface area contributed by atoms with Crippen molar-refractivity contribution in [2.45, 2.75) is 39.2 Å². The SMILES string of the molecule is Cc1cccc(CN2CCN(C(=O)[C@@H]3CCC(=O)N(CCCc4ccccc4)C3)CC2=O)c1. The lowest BCUT2D eigenvalue weighted by molar-refractivity contribution is -0.151. The van der Waals surface area contributed by atoms with Gasteiger partial charge in [0.2, 0.25) is 17.7 Å². The summed E-state index contributed by atoms with van der Waals surface area (Å²) < 4.78 is 0. The smallest absolute Gasteiger partial charge is 0.242 e. The first-order valence-electron chi connectivity index (χ1n) is 11.9. The second kappa shape index (κ2) is 10.6. The van der Waals surface area contributed by atoms with Gasteiger partial charge in [-0.2, -0.15) is 0 Å². The van der Waals surface area contributed by atoms with E-state index in [2.05, 4.69) is 18.2 Å². The number of carbonyl (C=O) groups is 3. The topological polar surface area (TPSA) is 60.9 Å². The minimum atomic E-state index is -0.212. The number of nitrogens with zero attached hydrogens (tertiary/aromatic N) is 3. The number of amides is 3. The van der Waals surface area contributed by atoms with Crippen LogP contribution in [0.15, 0.2) is 54.6 Å². The lowest BCUT2D eigenvalue weighted by Gasteiger charge is -2.38. The maximum absolute atomic E-state index is 13.2. The van der Waals surface area contributed by atoms with Gasteiger partial charge in [0.1, 0.15) is 0 Å². The van der Waals surface area contributed by atoms with Gasteiger partial charge in [-0.3, -0.25) is 14.4 Å². The van der Waals surface area contributed by atoms with E-state index in [9.17, 15) is 14.4 Å². The molecule has 0 radical (unpaired) electrons. The van der Waals surface area contributed by atoms with Crippen LogP contribution in [0.2, 0.25) is 0 Å². The molecular weight excluding hydrogens is 414 g/mol. The number of likely N-dealkylation sites (tertiary alicyclic amines) is 1.